The van der Waals surface area contributed by atoms with E-state index in [1.165, 1.54) is 12.8 Å². The van der Waals surface area contributed by atoms with Crippen LogP contribution >= 0.6 is 70.6 Å². The lowest BCUT2D eigenvalue weighted by Crippen LogP contribution is -2.27. The molecule has 0 saturated carbocycles. The van der Waals surface area contributed by atoms with Gasteiger partial charge in [0.2, 0.25) is 12.8 Å². The molecular weight excluding hydrogens is 709 g/mol. The SMILES string of the molecule is O=C(NCCSCSCC/N=C\OOCCSCSCCOC(=O)NCCSCSCC/N=C/OOCCCO)OCCCO. The lowest BCUT2D eigenvalue weighted by Gasteiger charge is -2.07. The largest absolute Gasteiger partial charge is 0.449 e. The Bertz CT molecular complexity index is 723. The molecular formula is C25H48N4O10S6. The third-order valence-electron chi connectivity index (χ3n) is 4.33. The van der Waals surface area contributed by atoms with Crippen molar-refractivity contribution in [3.05, 3.63) is 0 Å². The number of aliphatic hydroxyl groups is 2. The highest BCUT2D eigenvalue weighted by atomic mass is 32.2. The molecule has 0 aromatic rings. The Balaban J connectivity index is 3.25. The fourth-order valence-corrected chi connectivity index (χ4v) is 7.87. The Labute approximate surface area is 292 Å². The molecule has 0 aromatic heterocycles. The first-order chi connectivity index (χ1) is 22.2. The van der Waals surface area contributed by atoms with Gasteiger partial charge in [-0.25, -0.2) is 9.59 Å². The van der Waals surface area contributed by atoms with Gasteiger partial charge in [0, 0.05) is 82.5 Å². The molecule has 0 aliphatic heterocycles. The molecule has 264 valence electrons. The molecule has 0 saturated heterocycles. The quantitative estimate of drug-likeness (QED) is 0.0187. The molecule has 0 spiro atoms. The molecule has 0 aromatic carbocycles. The maximum Gasteiger partial charge on any atom is 0.407 e. The van der Waals surface area contributed by atoms with E-state index in [2.05, 4.69) is 20.6 Å². The first-order valence-corrected chi connectivity index (χ1v) is 21.2. The second-order valence-electron chi connectivity index (χ2n) is 7.94. The van der Waals surface area contributed by atoms with E-state index in [1.807, 2.05) is 0 Å². The van der Waals surface area contributed by atoms with Gasteiger partial charge in [0.15, 0.2) is 0 Å². The minimum Gasteiger partial charge on any atom is -0.449 e. The van der Waals surface area contributed by atoms with E-state index in [4.69, 9.17) is 39.2 Å². The average molecular weight is 757 g/mol. The van der Waals surface area contributed by atoms with Crippen LogP contribution in [0.25, 0.3) is 0 Å². The normalized spacial score (nSPS) is 11.2. The lowest BCUT2D eigenvalue weighted by molar-refractivity contribution is -0.218. The van der Waals surface area contributed by atoms with Crippen LogP contribution in [-0.2, 0) is 29.0 Å². The number of ether oxygens (including phenoxy) is 2. The zero-order valence-corrected chi connectivity index (χ0v) is 30.4. The molecule has 0 fully saturated rings. The van der Waals surface area contributed by atoms with Crippen molar-refractivity contribution in [3.8, 4) is 0 Å². The summed E-state index contributed by atoms with van der Waals surface area (Å²) in [5, 5.41) is 25.3. The van der Waals surface area contributed by atoms with Gasteiger partial charge in [-0.3, -0.25) is 9.98 Å². The lowest BCUT2D eigenvalue weighted by atomic mass is 10.5. The maximum absolute atomic E-state index is 11.7. The highest BCUT2D eigenvalue weighted by Crippen LogP contribution is 2.13. The second-order valence-corrected chi connectivity index (χ2v) is 15.7. The van der Waals surface area contributed by atoms with Crippen LogP contribution in [0.3, 0.4) is 0 Å². The standard InChI is InChI=1S/C25H48N4O10S6/c30-7-1-9-34-24(32)28-5-15-42-21-41-14-4-27-20-39-37-12-18-45-23-44-17-11-35-25(33)29-6-16-43-22-40-13-3-26-19-38-36-10-2-8-31/h19-20,30-31H,1-18,21-23H2,(H,28,32)(H,29,33)/b26-19+,27-20-. The van der Waals surface area contributed by atoms with E-state index in [1.54, 1.807) is 70.6 Å². The van der Waals surface area contributed by atoms with Gasteiger partial charge in [-0.15, -0.1) is 70.6 Å². The van der Waals surface area contributed by atoms with Crippen molar-refractivity contribution < 1.29 is 48.8 Å². The smallest absolute Gasteiger partial charge is 0.407 e. The number of nitrogens with zero attached hydrogens (tertiary/aromatic N) is 2. The Kier molecular flexibility index (Phi) is 39.1. The number of aliphatic imine (C=N–C) groups is 2. The van der Waals surface area contributed by atoms with Gasteiger partial charge in [-0.05, 0) is 6.42 Å². The van der Waals surface area contributed by atoms with E-state index >= 15 is 0 Å². The third kappa shape index (κ3) is 39.5. The fourth-order valence-electron chi connectivity index (χ4n) is 2.28. The van der Waals surface area contributed by atoms with Crippen molar-refractivity contribution in [1.82, 2.24) is 10.6 Å². The number of carbonyl (C=O) groups is 2. The molecule has 20 heteroatoms. The van der Waals surface area contributed by atoms with Gasteiger partial charge < -0.3 is 40.1 Å². The van der Waals surface area contributed by atoms with Crippen LogP contribution in [0.2, 0.25) is 0 Å². The first-order valence-electron chi connectivity index (χ1n) is 14.2. The van der Waals surface area contributed by atoms with Gasteiger partial charge in [0.1, 0.15) is 13.2 Å². The van der Waals surface area contributed by atoms with Crippen molar-refractivity contribution in [2.45, 2.75) is 12.8 Å². The summed E-state index contributed by atoms with van der Waals surface area (Å²) in [6.45, 7) is 3.82. The summed E-state index contributed by atoms with van der Waals surface area (Å²) >= 11 is 10.4. The zero-order valence-electron chi connectivity index (χ0n) is 25.5. The Morgan fingerprint density at radius 3 is 1.58 bits per heavy atom. The summed E-state index contributed by atoms with van der Waals surface area (Å²) in [7, 11) is 0. The molecule has 14 nitrogen and oxygen atoms in total. The predicted molar refractivity (Wildman–Crippen MR) is 192 cm³/mol. The topological polar surface area (TPSA) is 179 Å². The average Bonchev–Trinajstić information content (AvgIpc) is 3.04. The number of aliphatic hydroxyl groups excluding tert-OH is 2. The number of hydrogen-bond donors (Lipinski definition) is 4. The van der Waals surface area contributed by atoms with Crippen molar-refractivity contribution in [1.29, 1.82) is 0 Å². The van der Waals surface area contributed by atoms with Crippen LogP contribution in [0.15, 0.2) is 9.98 Å². The molecule has 0 unspecified atom stereocenters. The van der Waals surface area contributed by atoms with Crippen molar-refractivity contribution >= 4 is 95.6 Å². The Morgan fingerprint density at radius 1 is 0.578 bits per heavy atom. The molecule has 45 heavy (non-hydrogen) atoms. The van der Waals surface area contributed by atoms with Crippen molar-refractivity contribution in [2.24, 2.45) is 9.98 Å². The molecule has 0 aliphatic rings. The van der Waals surface area contributed by atoms with Crippen LogP contribution in [0.1, 0.15) is 12.8 Å². The monoisotopic (exact) mass is 756 g/mol. The van der Waals surface area contributed by atoms with E-state index in [0.717, 1.165) is 49.8 Å². The van der Waals surface area contributed by atoms with Gasteiger partial charge in [-0.1, -0.05) is 0 Å². The number of amides is 2. The molecule has 0 bridgehead atoms. The highest BCUT2D eigenvalue weighted by Gasteiger charge is 2.02. The van der Waals surface area contributed by atoms with Gasteiger partial charge >= 0.3 is 12.2 Å². The number of thioether (sulfide) groups is 6. The Morgan fingerprint density at radius 2 is 1.02 bits per heavy atom. The number of alkyl carbamates (subject to hydrolysis) is 2. The minimum absolute atomic E-state index is 0.00971. The van der Waals surface area contributed by atoms with Crippen LogP contribution in [-0.4, -0.2) is 151 Å². The van der Waals surface area contributed by atoms with Gasteiger partial charge in [0.05, 0.1) is 26.3 Å². The first kappa shape index (κ1) is 44.4. The molecule has 0 atom stereocenters. The highest BCUT2D eigenvalue weighted by molar-refractivity contribution is 8.16. The van der Waals surface area contributed by atoms with Crippen LogP contribution in [0.5, 0.6) is 0 Å². The number of hydrogen-bond acceptors (Lipinski definition) is 18. The van der Waals surface area contributed by atoms with E-state index in [0.29, 0.717) is 58.8 Å². The van der Waals surface area contributed by atoms with Crippen LogP contribution < -0.4 is 10.6 Å². The minimum atomic E-state index is -0.450. The summed E-state index contributed by atoms with van der Waals surface area (Å²) in [4.78, 5) is 50.7. The molecule has 0 heterocycles. The van der Waals surface area contributed by atoms with E-state index in [-0.39, 0.29) is 19.8 Å². The summed E-state index contributed by atoms with van der Waals surface area (Å²) in [5.41, 5.74) is 0. The zero-order chi connectivity index (χ0) is 32.7. The number of carbonyl (C=O) groups excluding carboxylic acids is 2. The summed E-state index contributed by atoms with van der Waals surface area (Å²) < 4.78 is 10.0. The molecule has 0 rings (SSSR count). The number of nitrogens with one attached hydrogen (secondary N) is 2. The molecule has 0 aliphatic carbocycles. The predicted octanol–water partition coefficient (Wildman–Crippen LogP) is 3.43. The summed E-state index contributed by atoms with van der Waals surface area (Å²) in [6.07, 6.45) is 2.72. The van der Waals surface area contributed by atoms with Gasteiger partial charge in [0.25, 0.3) is 0 Å². The third-order valence-corrected chi connectivity index (χ3v) is 11.2. The second kappa shape index (κ2) is 39.6. The van der Waals surface area contributed by atoms with E-state index < -0.39 is 12.2 Å². The van der Waals surface area contributed by atoms with Gasteiger partial charge in [-0.2, -0.15) is 9.78 Å². The summed E-state index contributed by atoms with van der Waals surface area (Å²) in [6, 6.07) is 0. The van der Waals surface area contributed by atoms with E-state index in [9.17, 15) is 9.59 Å². The molecule has 2 amide bonds. The summed E-state index contributed by atoms with van der Waals surface area (Å²) in [5.74, 6) is 4.84. The number of rotatable bonds is 34. The fraction of sp³-hybridized carbons (Fsp3) is 0.840. The molecule has 0 radical (unpaired) electrons. The van der Waals surface area contributed by atoms with Crippen LogP contribution in [0, 0.1) is 0 Å². The van der Waals surface area contributed by atoms with Crippen molar-refractivity contribution in [3.63, 3.8) is 0 Å². The Hall–Kier alpha value is -0.580. The van der Waals surface area contributed by atoms with Crippen LogP contribution in [0.4, 0.5) is 9.59 Å². The van der Waals surface area contributed by atoms with Crippen molar-refractivity contribution in [2.75, 3.05) is 116 Å². The maximum atomic E-state index is 11.7. The molecule has 4 N–H and O–H groups in total.